The van der Waals surface area contributed by atoms with E-state index in [4.69, 9.17) is 5.11 Å². The van der Waals surface area contributed by atoms with Gasteiger partial charge in [-0.15, -0.1) is 0 Å². The summed E-state index contributed by atoms with van der Waals surface area (Å²) in [5.74, 6) is -0.730. The second-order valence-electron chi connectivity index (χ2n) is 6.01. The van der Waals surface area contributed by atoms with E-state index in [1.54, 1.807) is 0 Å². The highest BCUT2D eigenvalue weighted by Gasteiger charge is 2.23. The lowest BCUT2D eigenvalue weighted by molar-refractivity contribution is -0.142. The van der Waals surface area contributed by atoms with Crippen molar-refractivity contribution >= 4 is 12.0 Å². The molecule has 110 valence electrons. The van der Waals surface area contributed by atoms with Gasteiger partial charge < -0.3 is 15.7 Å². The molecule has 2 amide bonds. The number of rotatable bonds is 5. The molecule has 0 aromatic heterocycles. The van der Waals surface area contributed by atoms with Crippen molar-refractivity contribution in [3.05, 3.63) is 0 Å². The zero-order chi connectivity index (χ0) is 14.4. The molecular formula is C14H26N2O3. The van der Waals surface area contributed by atoms with Crippen LogP contribution in [0.5, 0.6) is 0 Å². The Morgan fingerprint density at radius 3 is 2.53 bits per heavy atom. The van der Waals surface area contributed by atoms with E-state index in [9.17, 15) is 9.59 Å². The van der Waals surface area contributed by atoms with Crippen molar-refractivity contribution < 1.29 is 14.7 Å². The second-order valence-corrected chi connectivity index (χ2v) is 6.01. The zero-order valence-electron chi connectivity index (χ0n) is 12.1. The highest BCUT2D eigenvalue weighted by Crippen LogP contribution is 2.23. The van der Waals surface area contributed by atoms with E-state index in [1.165, 1.54) is 6.42 Å². The lowest BCUT2D eigenvalue weighted by atomic mass is 9.87. The van der Waals surface area contributed by atoms with Crippen LogP contribution in [0.15, 0.2) is 0 Å². The Morgan fingerprint density at radius 2 is 2.00 bits per heavy atom. The molecule has 1 fully saturated rings. The van der Waals surface area contributed by atoms with E-state index in [2.05, 4.69) is 17.6 Å². The Kier molecular flexibility index (Phi) is 6.12. The van der Waals surface area contributed by atoms with E-state index in [0.717, 1.165) is 19.3 Å². The van der Waals surface area contributed by atoms with Gasteiger partial charge in [0.1, 0.15) is 0 Å². The Bertz CT molecular complexity index is 318. The summed E-state index contributed by atoms with van der Waals surface area (Å²) in [6.07, 6.45) is 4.41. The molecule has 1 aliphatic rings. The summed E-state index contributed by atoms with van der Waals surface area (Å²) in [5, 5.41) is 14.7. The van der Waals surface area contributed by atoms with Gasteiger partial charge in [-0.3, -0.25) is 4.79 Å². The largest absolute Gasteiger partial charge is 0.481 e. The molecule has 0 saturated heterocycles. The van der Waals surface area contributed by atoms with Crippen LogP contribution in [0.2, 0.25) is 0 Å². The standard InChI is InChI=1S/C14H26N2O3/c1-9(2)12(13(17)18)8-15-14(19)16-11-6-4-5-10(3)7-11/h9-12H,4-8H2,1-3H3,(H,17,18)(H2,15,16,19). The average Bonchev–Trinajstić information content (AvgIpc) is 2.27. The number of nitrogens with one attached hydrogen (secondary N) is 2. The highest BCUT2D eigenvalue weighted by atomic mass is 16.4. The Labute approximate surface area is 115 Å². The Morgan fingerprint density at radius 1 is 1.32 bits per heavy atom. The number of amides is 2. The summed E-state index contributed by atoms with van der Waals surface area (Å²) >= 11 is 0. The topological polar surface area (TPSA) is 78.4 Å². The van der Waals surface area contributed by atoms with E-state index < -0.39 is 11.9 Å². The van der Waals surface area contributed by atoms with Crippen LogP contribution in [0.3, 0.4) is 0 Å². The van der Waals surface area contributed by atoms with Crippen molar-refractivity contribution in [2.75, 3.05) is 6.54 Å². The van der Waals surface area contributed by atoms with Crippen molar-refractivity contribution in [3.63, 3.8) is 0 Å². The van der Waals surface area contributed by atoms with Crippen molar-refractivity contribution in [2.45, 2.75) is 52.5 Å². The van der Waals surface area contributed by atoms with Gasteiger partial charge in [0.15, 0.2) is 0 Å². The number of carbonyl (C=O) groups excluding carboxylic acids is 1. The third-order valence-electron chi connectivity index (χ3n) is 3.88. The summed E-state index contributed by atoms with van der Waals surface area (Å²) in [7, 11) is 0. The molecular weight excluding hydrogens is 244 g/mol. The SMILES string of the molecule is CC1CCCC(NC(=O)NCC(C(=O)O)C(C)C)C1. The molecule has 5 heteroatoms. The number of carbonyl (C=O) groups is 2. The van der Waals surface area contributed by atoms with Crippen LogP contribution in [0.25, 0.3) is 0 Å². The van der Waals surface area contributed by atoms with E-state index in [0.29, 0.717) is 5.92 Å². The molecule has 3 N–H and O–H groups in total. The average molecular weight is 270 g/mol. The molecule has 5 nitrogen and oxygen atoms in total. The zero-order valence-corrected chi connectivity index (χ0v) is 12.1. The Hall–Kier alpha value is -1.26. The fourth-order valence-corrected chi connectivity index (χ4v) is 2.61. The van der Waals surface area contributed by atoms with E-state index in [1.807, 2.05) is 13.8 Å². The first-order chi connectivity index (χ1) is 8.90. The maximum Gasteiger partial charge on any atom is 0.315 e. The maximum atomic E-state index is 11.8. The lowest BCUT2D eigenvalue weighted by Gasteiger charge is -2.27. The van der Waals surface area contributed by atoms with Gasteiger partial charge in [0.05, 0.1) is 5.92 Å². The number of carboxylic acids is 1. The molecule has 1 aliphatic carbocycles. The van der Waals surface area contributed by atoms with Crippen molar-refractivity contribution in [1.82, 2.24) is 10.6 Å². The molecule has 0 heterocycles. The predicted octanol–water partition coefficient (Wildman–Crippen LogP) is 2.22. The monoisotopic (exact) mass is 270 g/mol. The fourth-order valence-electron chi connectivity index (χ4n) is 2.61. The summed E-state index contributed by atoms with van der Waals surface area (Å²) in [6, 6.07) is -0.0166. The van der Waals surface area contributed by atoms with Gasteiger partial charge in [0, 0.05) is 12.6 Å². The van der Waals surface area contributed by atoms with Crippen molar-refractivity contribution in [1.29, 1.82) is 0 Å². The first kappa shape index (κ1) is 15.8. The molecule has 0 aliphatic heterocycles. The van der Waals surface area contributed by atoms with Gasteiger partial charge >= 0.3 is 12.0 Å². The fraction of sp³-hybridized carbons (Fsp3) is 0.857. The van der Waals surface area contributed by atoms with E-state index in [-0.39, 0.29) is 24.5 Å². The summed E-state index contributed by atoms with van der Waals surface area (Å²) < 4.78 is 0. The minimum atomic E-state index is -0.860. The van der Waals surface area contributed by atoms with Crippen LogP contribution in [-0.4, -0.2) is 29.7 Å². The highest BCUT2D eigenvalue weighted by molar-refractivity contribution is 5.76. The van der Waals surface area contributed by atoms with Crippen LogP contribution in [0.1, 0.15) is 46.5 Å². The molecule has 1 saturated carbocycles. The lowest BCUT2D eigenvalue weighted by Crippen LogP contribution is -2.46. The van der Waals surface area contributed by atoms with Crippen molar-refractivity contribution in [2.24, 2.45) is 17.8 Å². The number of hydrogen-bond acceptors (Lipinski definition) is 2. The number of hydrogen-bond donors (Lipinski definition) is 3. The third kappa shape index (κ3) is 5.49. The number of urea groups is 1. The van der Waals surface area contributed by atoms with Crippen LogP contribution in [0.4, 0.5) is 4.79 Å². The molecule has 3 unspecified atom stereocenters. The molecule has 0 bridgehead atoms. The van der Waals surface area contributed by atoms with Gasteiger partial charge in [0.25, 0.3) is 0 Å². The van der Waals surface area contributed by atoms with Crippen molar-refractivity contribution in [3.8, 4) is 0 Å². The number of carboxylic acid groups (broad SMARTS) is 1. The van der Waals surface area contributed by atoms with Crippen LogP contribution in [0, 0.1) is 17.8 Å². The molecule has 1 rings (SSSR count). The van der Waals surface area contributed by atoms with Gasteiger partial charge in [0.2, 0.25) is 0 Å². The van der Waals surface area contributed by atoms with Gasteiger partial charge in [-0.05, 0) is 24.7 Å². The molecule has 0 aromatic rings. The van der Waals surface area contributed by atoms with Crippen LogP contribution in [-0.2, 0) is 4.79 Å². The van der Waals surface area contributed by atoms with Gasteiger partial charge in [-0.25, -0.2) is 4.79 Å². The Balaban J connectivity index is 2.32. The second kappa shape index (κ2) is 7.36. The quantitative estimate of drug-likeness (QED) is 0.716. The first-order valence-electron chi connectivity index (χ1n) is 7.17. The summed E-state index contributed by atoms with van der Waals surface area (Å²) in [5.41, 5.74) is 0. The molecule has 0 radical (unpaired) electrons. The molecule has 3 atom stereocenters. The van der Waals surface area contributed by atoms with Crippen LogP contribution < -0.4 is 10.6 Å². The smallest absolute Gasteiger partial charge is 0.315 e. The minimum absolute atomic E-state index is 0.00695. The van der Waals surface area contributed by atoms with E-state index >= 15 is 0 Å². The molecule has 0 spiro atoms. The molecule has 19 heavy (non-hydrogen) atoms. The molecule has 0 aromatic carbocycles. The van der Waals surface area contributed by atoms with Gasteiger partial charge in [-0.1, -0.05) is 33.6 Å². The number of aliphatic carboxylic acids is 1. The minimum Gasteiger partial charge on any atom is -0.481 e. The third-order valence-corrected chi connectivity index (χ3v) is 3.88. The normalized spacial score (nSPS) is 24.8. The van der Waals surface area contributed by atoms with Crippen LogP contribution >= 0.6 is 0 Å². The first-order valence-corrected chi connectivity index (χ1v) is 7.17. The summed E-state index contributed by atoms with van der Waals surface area (Å²) in [4.78, 5) is 22.8. The summed E-state index contributed by atoms with van der Waals surface area (Å²) in [6.45, 7) is 6.08. The van der Waals surface area contributed by atoms with Gasteiger partial charge in [-0.2, -0.15) is 0 Å². The maximum absolute atomic E-state index is 11.8. The predicted molar refractivity (Wildman–Crippen MR) is 73.9 cm³/mol.